The van der Waals surface area contributed by atoms with Crippen LogP contribution in [0.2, 0.25) is 0 Å². The molecule has 0 fully saturated rings. The number of aryl methyl sites for hydroxylation is 1. The smallest absolute Gasteiger partial charge is 0.133 e. The van der Waals surface area contributed by atoms with E-state index in [4.69, 9.17) is 4.74 Å². The van der Waals surface area contributed by atoms with E-state index in [2.05, 4.69) is 40.2 Å². The zero-order valence-electron chi connectivity index (χ0n) is 9.29. The highest BCUT2D eigenvalue weighted by molar-refractivity contribution is 9.10. The lowest BCUT2D eigenvalue weighted by Gasteiger charge is -2.07. The fourth-order valence-corrected chi connectivity index (χ4v) is 1.93. The van der Waals surface area contributed by atoms with Crippen LogP contribution in [0.15, 0.2) is 34.8 Å². The lowest BCUT2D eigenvalue weighted by atomic mass is 10.1. The monoisotopic (exact) mass is 268 g/mol. The summed E-state index contributed by atoms with van der Waals surface area (Å²) in [5.74, 6) is 0.923. The lowest BCUT2D eigenvalue weighted by Crippen LogP contribution is -1.93. The van der Waals surface area contributed by atoms with Crippen molar-refractivity contribution in [3.8, 4) is 5.75 Å². The fraction of sp³-hybridized carbons (Fsp3) is 0.385. The molecule has 1 rings (SSSR count). The zero-order chi connectivity index (χ0) is 11.1. The van der Waals surface area contributed by atoms with E-state index in [1.807, 2.05) is 19.9 Å². The quantitative estimate of drug-likeness (QED) is 0.722. The molecule has 0 aliphatic rings. The van der Waals surface area contributed by atoms with Crippen molar-refractivity contribution in [2.75, 3.05) is 6.61 Å². The Morgan fingerprint density at radius 1 is 1.40 bits per heavy atom. The number of hydrogen-bond donors (Lipinski definition) is 0. The van der Waals surface area contributed by atoms with Crippen LogP contribution in [-0.4, -0.2) is 6.61 Å². The van der Waals surface area contributed by atoms with Gasteiger partial charge >= 0.3 is 0 Å². The number of benzene rings is 1. The van der Waals surface area contributed by atoms with E-state index < -0.39 is 0 Å². The van der Waals surface area contributed by atoms with Gasteiger partial charge in [0.05, 0.1) is 11.1 Å². The number of ether oxygens (including phenoxy) is 1. The molecule has 2 heteroatoms. The Morgan fingerprint density at radius 2 is 2.20 bits per heavy atom. The first-order valence-corrected chi connectivity index (χ1v) is 6.09. The molecule has 0 N–H and O–H groups in total. The predicted molar refractivity (Wildman–Crippen MR) is 68.4 cm³/mol. The third-order valence-corrected chi connectivity index (χ3v) is 2.75. The molecule has 0 heterocycles. The number of halogens is 1. The minimum absolute atomic E-state index is 0.705. The third kappa shape index (κ3) is 4.08. The van der Waals surface area contributed by atoms with Crippen molar-refractivity contribution in [3.05, 3.63) is 40.4 Å². The molecule has 0 saturated carbocycles. The average molecular weight is 269 g/mol. The van der Waals surface area contributed by atoms with E-state index in [-0.39, 0.29) is 0 Å². The molecule has 0 unspecified atom stereocenters. The number of rotatable bonds is 5. The standard InChI is InChI=1S/C13H17BrO/c1-3-5-6-7-11-8-9-13(15-4-2)12(14)10-11/h3,5,8-10H,4,6-7H2,1-2H3/b5-3-. The predicted octanol–water partition coefficient (Wildman–Crippen LogP) is 4.36. The number of allylic oxidation sites excluding steroid dienone is 2. The van der Waals surface area contributed by atoms with Crippen LogP contribution in [0.1, 0.15) is 25.8 Å². The molecule has 0 atom stereocenters. The van der Waals surface area contributed by atoms with Crippen LogP contribution in [0.3, 0.4) is 0 Å². The Morgan fingerprint density at radius 3 is 2.80 bits per heavy atom. The van der Waals surface area contributed by atoms with Crippen molar-refractivity contribution in [2.24, 2.45) is 0 Å². The van der Waals surface area contributed by atoms with Crippen LogP contribution >= 0.6 is 15.9 Å². The zero-order valence-corrected chi connectivity index (χ0v) is 10.9. The van der Waals surface area contributed by atoms with E-state index >= 15 is 0 Å². The Kier molecular flexibility index (Phi) is 5.48. The van der Waals surface area contributed by atoms with Gasteiger partial charge in [-0.2, -0.15) is 0 Å². The van der Waals surface area contributed by atoms with E-state index in [0.29, 0.717) is 6.61 Å². The van der Waals surface area contributed by atoms with Crippen molar-refractivity contribution < 1.29 is 4.74 Å². The summed E-state index contributed by atoms with van der Waals surface area (Å²) in [6.45, 7) is 4.75. The van der Waals surface area contributed by atoms with Gasteiger partial charge in [0.1, 0.15) is 5.75 Å². The van der Waals surface area contributed by atoms with E-state index in [1.165, 1.54) is 5.56 Å². The summed E-state index contributed by atoms with van der Waals surface area (Å²) in [5.41, 5.74) is 1.34. The van der Waals surface area contributed by atoms with Gasteiger partial charge in [-0.25, -0.2) is 0 Å². The first kappa shape index (κ1) is 12.3. The molecular formula is C13H17BrO. The second-order valence-corrected chi connectivity index (χ2v) is 4.16. The average Bonchev–Trinajstić information content (AvgIpc) is 2.23. The van der Waals surface area contributed by atoms with E-state index in [0.717, 1.165) is 23.1 Å². The van der Waals surface area contributed by atoms with E-state index in [1.54, 1.807) is 0 Å². The molecule has 0 amide bonds. The SMILES string of the molecule is C/C=C\CCc1ccc(OCC)c(Br)c1. The van der Waals surface area contributed by atoms with Crippen molar-refractivity contribution in [2.45, 2.75) is 26.7 Å². The maximum absolute atomic E-state index is 5.46. The normalized spacial score (nSPS) is 10.9. The Labute approximate surface area is 100 Å². The number of hydrogen-bond acceptors (Lipinski definition) is 1. The second-order valence-electron chi connectivity index (χ2n) is 3.31. The van der Waals surface area contributed by atoms with Gasteiger partial charge in [0.2, 0.25) is 0 Å². The fourth-order valence-electron chi connectivity index (χ4n) is 1.39. The Hall–Kier alpha value is -0.760. The van der Waals surface area contributed by atoms with Crippen molar-refractivity contribution in [3.63, 3.8) is 0 Å². The molecule has 1 aromatic rings. The maximum Gasteiger partial charge on any atom is 0.133 e. The van der Waals surface area contributed by atoms with Crippen LogP contribution in [-0.2, 0) is 6.42 Å². The summed E-state index contributed by atoms with van der Waals surface area (Å²) in [6, 6.07) is 6.28. The highest BCUT2D eigenvalue weighted by atomic mass is 79.9. The maximum atomic E-state index is 5.46. The lowest BCUT2D eigenvalue weighted by molar-refractivity contribution is 0.338. The molecule has 15 heavy (non-hydrogen) atoms. The van der Waals surface area contributed by atoms with Crippen LogP contribution in [0, 0.1) is 0 Å². The van der Waals surface area contributed by atoms with Crippen LogP contribution in [0.25, 0.3) is 0 Å². The molecule has 1 nitrogen and oxygen atoms in total. The Bertz CT molecular complexity index is 331. The van der Waals surface area contributed by atoms with Gasteiger partial charge in [-0.05, 0) is 60.3 Å². The highest BCUT2D eigenvalue weighted by Crippen LogP contribution is 2.26. The van der Waals surface area contributed by atoms with Crippen molar-refractivity contribution in [1.29, 1.82) is 0 Å². The van der Waals surface area contributed by atoms with Crippen LogP contribution in [0.4, 0.5) is 0 Å². The minimum atomic E-state index is 0.705. The van der Waals surface area contributed by atoms with Crippen molar-refractivity contribution in [1.82, 2.24) is 0 Å². The molecule has 0 saturated heterocycles. The summed E-state index contributed by atoms with van der Waals surface area (Å²) >= 11 is 3.51. The Balaban J connectivity index is 2.64. The molecule has 0 radical (unpaired) electrons. The molecule has 82 valence electrons. The second kappa shape index (κ2) is 6.67. The van der Waals surface area contributed by atoms with Gasteiger partial charge in [0.15, 0.2) is 0 Å². The van der Waals surface area contributed by atoms with Crippen LogP contribution in [0.5, 0.6) is 5.75 Å². The molecule has 0 spiro atoms. The molecular weight excluding hydrogens is 252 g/mol. The van der Waals surface area contributed by atoms with Gasteiger partial charge in [-0.1, -0.05) is 18.2 Å². The van der Waals surface area contributed by atoms with Gasteiger partial charge in [-0.15, -0.1) is 0 Å². The van der Waals surface area contributed by atoms with Crippen molar-refractivity contribution >= 4 is 15.9 Å². The molecule has 1 aromatic carbocycles. The summed E-state index contributed by atoms with van der Waals surface area (Å²) in [5, 5.41) is 0. The summed E-state index contributed by atoms with van der Waals surface area (Å²) < 4.78 is 6.50. The largest absolute Gasteiger partial charge is 0.493 e. The summed E-state index contributed by atoms with van der Waals surface area (Å²) in [7, 11) is 0. The van der Waals surface area contributed by atoms with Gasteiger partial charge in [0, 0.05) is 0 Å². The molecule has 0 bridgehead atoms. The topological polar surface area (TPSA) is 9.23 Å². The summed E-state index contributed by atoms with van der Waals surface area (Å²) in [4.78, 5) is 0. The van der Waals surface area contributed by atoms with Gasteiger partial charge in [-0.3, -0.25) is 0 Å². The first-order chi connectivity index (χ1) is 7.27. The molecule has 0 aromatic heterocycles. The molecule has 0 aliphatic heterocycles. The van der Waals surface area contributed by atoms with E-state index in [9.17, 15) is 0 Å². The third-order valence-electron chi connectivity index (χ3n) is 2.13. The highest BCUT2D eigenvalue weighted by Gasteiger charge is 2.01. The summed E-state index contributed by atoms with van der Waals surface area (Å²) in [6.07, 6.45) is 6.44. The van der Waals surface area contributed by atoms with Gasteiger partial charge in [0.25, 0.3) is 0 Å². The molecule has 0 aliphatic carbocycles. The van der Waals surface area contributed by atoms with Crippen LogP contribution < -0.4 is 4.74 Å². The first-order valence-electron chi connectivity index (χ1n) is 5.30. The minimum Gasteiger partial charge on any atom is -0.493 e. The van der Waals surface area contributed by atoms with Gasteiger partial charge < -0.3 is 4.74 Å².